The lowest BCUT2D eigenvalue weighted by atomic mass is 10.2. The van der Waals surface area contributed by atoms with E-state index >= 15 is 0 Å². The largest absolute Gasteiger partial charge is 0.495 e. The Balaban J connectivity index is 2.06. The Bertz CT molecular complexity index is 1000. The number of anilines is 1. The number of fused-ring (bicyclic) bond motifs is 1. The molecule has 0 aliphatic rings. The van der Waals surface area contributed by atoms with Gasteiger partial charge in [-0.1, -0.05) is 12.1 Å². The number of amides is 1. The Morgan fingerprint density at radius 1 is 1.29 bits per heavy atom. The van der Waals surface area contributed by atoms with E-state index in [9.17, 15) is 9.59 Å². The van der Waals surface area contributed by atoms with Crippen molar-refractivity contribution in [3.05, 3.63) is 50.9 Å². The molecular weight excluding hydrogens is 326 g/mol. The Morgan fingerprint density at radius 3 is 2.71 bits per heavy atom. The van der Waals surface area contributed by atoms with Crippen LogP contribution < -0.4 is 15.6 Å². The number of benzene rings is 1. The van der Waals surface area contributed by atoms with Crippen LogP contribution in [0.3, 0.4) is 0 Å². The number of rotatable bonds is 3. The van der Waals surface area contributed by atoms with Gasteiger partial charge in [0.05, 0.1) is 23.1 Å². The molecule has 2 aromatic heterocycles. The monoisotopic (exact) mass is 343 g/mol. The fraction of sp³-hybridized carbons (Fsp3) is 0.235. The fourth-order valence-electron chi connectivity index (χ4n) is 2.51. The number of carbonyl (C=O) groups is 1. The van der Waals surface area contributed by atoms with Crippen molar-refractivity contribution in [1.29, 1.82) is 0 Å². The highest BCUT2D eigenvalue weighted by Crippen LogP contribution is 2.29. The van der Waals surface area contributed by atoms with Gasteiger partial charge in [0.2, 0.25) is 0 Å². The van der Waals surface area contributed by atoms with Crippen LogP contribution in [0.4, 0.5) is 5.69 Å². The van der Waals surface area contributed by atoms with Crippen molar-refractivity contribution >= 4 is 33.1 Å². The van der Waals surface area contributed by atoms with Gasteiger partial charge in [-0.05, 0) is 31.5 Å². The van der Waals surface area contributed by atoms with Gasteiger partial charge in [0, 0.05) is 7.05 Å². The molecule has 0 unspecified atom stereocenters. The zero-order valence-electron chi connectivity index (χ0n) is 13.8. The molecule has 0 saturated heterocycles. The molecule has 0 aliphatic heterocycles. The maximum atomic E-state index is 12.7. The number of methoxy groups -OCH3 is 1. The zero-order valence-corrected chi connectivity index (χ0v) is 14.7. The molecule has 7 heteroatoms. The summed E-state index contributed by atoms with van der Waals surface area (Å²) in [6, 6.07) is 7.18. The number of hydrogen-bond acceptors (Lipinski definition) is 5. The second-order valence-electron chi connectivity index (χ2n) is 5.41. The predicted molar refractivity (Wildman–Crippen MR) is 95.3 cm³/mol. The summed E-state index contributed by atoms with van der Waals surface area (Å²) in [6.45, 7) is 3.54. The SMILES string of the molecule is COc1ccccc1NC(=O)c1sc2nc(C)n(C)c(=O)c2c1C. The molecule has 1 aromatic carbocycles. The Morgan fingerprint density at radius 2 is 2.00 bits per heavy atom. The highest BCUT2D eigenvalue weighted by Gasteiger charge is 2.20. The third-order valence-corrected chi connectivity index (χ3v) is 5.14. The van der Waals surface area contributed by atoms with Gasteiger partial charge in [-0.2, -0.15) is 0 Å². The Labute approximate surface area is 142 Å². The first-order valence-corrected chi connectivity index (χ1v) is 8.16. The van der Waals surface area contributed by atoms with Gasteiger partial charge >= 0.3 is 0 Å². The molecular formula is C17H17N3O3S. The van der Waals surface area contributed by atoms with Gasteiger partial charge in [-0.3, -0.25) is 14.2 Å². The lowest BCUT2D eigenvalue weighted by molar-refractivity contribution is 0.102. The van der Waals surface area contributed by atoms with Crippen LogP contribution in [-0.2, 0) is 7.05 Å². The van der Waals surface area contributed by atoms with E-state index in [0.717, 1.165) is 0 Å². The van der Waals surface area contributed by atoms with Crippen molar-refractivity contribution in [2.24, 2.45) is 7.05 Å². The topological polar surface area (TPSA) is 73.2 Å². The summed E-state index contributed by atoms with van der Waals surface area (Å²) in [5.41, 5.74) is 1.09. The maximum Gasteiger partial charge on any atom is 0.266 e. The van der Waals surface area contributed by atoms with Crippen molar-refractivity contribution in [2.45, 2.75) is 13.8 Å². The molecule has 1 amide bonds. The summed E-state index contributed by atoms with van der Waals surface area (Å²) in [7, 11) is 3.22. The molecule has 0 aliphatic carbocycles. The van der Waals surface area contributed by atoms with Gasteiger partial charge in [0.1, 0.15) is 16.4 Å². The quantitative estimate of drug-likeness (QED) is 0.794. The number of aryl methyl sites for hydroxylation is 2. The predicted octanol–water partition coefficient (Wildman–Crippen LogP) is 2.87. The minimum atomic E-state index is -0.278. The van der Waals surface area contributed by atoms with Gasteiger partial charge in [0.15, 0.2) is 0 Å². The van der Waals surface area contributed by atoms with Crippen LogP contribution in [0.5, 0.6) is 5.75 Å². The zero-order chi connectivity index (χ0) is 17.4. The Hall–Kier alpha value is -2.67. The van der Waals surface area contributed by atoms with E-state index in [1.165, 1.54) is 15.9 Å². The second kappa shape index (κ2) is 6.09. The molecule has 2 heterocycles. The highest BCUT2D eigenvalue weighted by atomic mass is 32.1. The van der Waals surface area contributed by atoms with Crippen LogP contribution in [0.2, 0.25) is 0 Å². The number of nitrogens with one attached hydrogen (secondary N) is 1. The molecule has 0 spiro atoms. The van der Waals surface area contributed by atoms with Crippen LogP contribution in [0.25, 0.3) is 10.2 Å². The van der Waals surface area contributed by atoms with E-state index in [1.807, 2.05) is 12.1 Å². The molecule has 3 rings (SSSR count). The van der Waals surface area contributed by atoms with Crippen molar-refractivity contribution < 1.29 is 9.53 Å². The smallest absolute Gasteiger partial charge is 0.266 e. The van der Waals surface area contributed by atoms with E-state index in [-0.39, 0.29) is 11.5 Å². The van der Waals surface area contributed by atoms with Crippen molar-refractivity contribution in [2.75, 3.05) is 12.4 Å². The number of ether oxygens (including phenoxy) is 1. The second-order valence-corrected chi connectivity index (χ2v) is 6.41. The molecule has 0 radical (unpaired) electrons. The average molecular weight is 343 g/mol. The van der Waals surface area contributed by atoms with E-state index in [1.54, 1.807) is 40.1 Å². The van der Waals surface area contributed by atoms with Gasteiger partial charge in [0.25, 0.3) is 11.5 Å². The standard InChI is InChI=1S/C17H17N3O3S/c1-9-13-16(18-10(2)20(3)17(13)22)24-14(9)15(21)19-11-7-5-6-8-12(11)23-4/h5-8H,1-4H3,(H,19,21). The summed E-state index contributed by atoms with van der Waals surface area (Å²) in [4.78, 5) is 30.6. The van der Waals surface area contributed by atoms with E-state index in [4.69, 9.17) is 4.74 Å². The van der Waals surface area contributed by atoms with Crippen molar-refractivity contribution in [3.63, 3.8) is 0 Å². The summed E-state index contributed by atoms with van der Waals surface area (Å²) in [5, 5.41) is 3.34. The number of hydrogen-bond donors (Lipinski definition) is 1. The van der Waals surface area contributed by atoms with Crippen molar-refractivity contribution in [3.8, 4) is 5.75 Å². The molecule has 124 valence electrons. The number of para-hydroxylation sites is 2. The minimum absolute atomic E-state index is 0.136. The molecule has 24 heavy (non-hydrogen) atoms. The Kier molecular flexibility index (Phi) is 4.11. The normalized spacial score (nSPS) is 10.8. The number of aromatic nitrogens is 2. The van der Waals surface area contributed by atoms with Crippen LogP contribution >= 0.6 is 11.3 Å². The summed E-state index contributed by atoms with van der Waals surface area (Å²) >= 11 is 1.22. The number of thiophene rings is 1. The maximum absolute atomic E-state index is 12.7. The first-order chi connectivity index (χ1) is 11.4. The average Bonchev–Trinajstić information content (AvgIpc) is 2.90. The summed E-state index contributed by atoms with van der Waals surface area (Å²) in [5.74, 6) is 0.916. The molecule has 0 fully saturated rings. The van der Waals surface area contributed by atoms with Crippen LogP contribution in [0, 0.1) is 13.8 Å². The number of nitrogens with zero attached hydrogens (tertiary/aromatic N) is 2. The third-order valence-electron chi connectivity index (χ3n) is 3.96. The first-order valence-electron chi connectivity index (χ1n) is 7.35. The van der Waals surface area contributed by atoms with Crippen LogP contribution in [0.15, 0.2) is 29.1 Å². The molecule has 6 nitrogen and oxygen atoms in total. The number of carbonyl (C=O) groups excluding carboxylic acids is 1. The summed E-state index contributed by atoms with van der Waals surface area (Å²) in [6.07, 6.45) is 0. The van der Waals surface area contributed by atoms with Crippen LogP contribution in [0.1, 0.15) is 21.1 Å². The fourth-order valence-corrected chi connectivity index (χ4v) is 3.62. The minimum Gasteiger partial charge on any atom is -0.495 e. The molecule has 3 aromatic rings. The molecule has 0 saturated carbocycles. The third kappa shape index (κ3) is 2.56. The molecule has 0 atom stereocenters. The van der Waals surface area contributed by atoms with E-state index in [2.05, 4.69) is 10.3 Å². The summed E-state index contributed by atoms with van der Waals surface area (Å²) < 4.78 is 6.73. The first kappa shape index (κ1) is 16.2. The van der Waals surface area contributed by atoms with E-state index in [0.29, 0.717) is 37.9 Å². The molecule has 0 bridgehead atoms. The van der Waals surface area contributed by atoms with Crippen LogP contribution in [-0.4, -0.2) is 22.6 Å². The molecule has 1 N–H and O–H groups in total. The van der Waals surface area contributed by atoms with E-state index < -0.39 is 0 Å². The highest BCUT2D eigenvalue weighted by molar-refractivity contribution is 7.20. The van der Waals surface area contributed by atoms with Gasteiger partial charge in [-0.25, -0.2) is 4.98 Å². The lowest BCUT2D eigenvalue weighted by Crippen LogP contribution is -2.20. The van der Waals surface area contributed by atoms with Crippen molar-refractivity contribution in [1.82, 2.24) is 9.55 Å². The lowest BCUT2D eigenvalue weighted by Gasteiger charge is -2.09. The van der Waals surface area contributed by atoms with Gasteiger partial charge in [-0.15, -0.1) is 11.3 Å². The van der Waals surface area contributed by atoms with Gasteiger partial charge < -0.3 is 10.1 Å².